The summed E-state index contributed by atoms with van der Waals surface area (Å²) < 4.78 is 25.4. The molecule has 2 rings (SSSR count). The average molecular weight is 204 g/mol. The number of likely N-dealkylation sites (tertiary alicyclic amines) is 1. The Morgan fingerprint density at radius 1 is 1.21 bits per heavy atom. The minimum atomic E-state index is -2.37. The van der Waals surface area contributed by atoms with Crippen molar-refractivity contribution >= 4 is 0 Å². The third-order valence-electron chi connectivity index (χ3n) is 3.45. The molecule has 0 aromatic rings. The molecule has 14 heavy (non-hydrogen) atoms. The zero-order valence-electron chi connectivity index (χ0n) is 8.38. The monoisotopic (exact) mass is 204 g/mol. The molecule has 0 amide bonds. The normalized spacial score (nSPS) is 36.0. The second kappa shape index (κ2) is 3.74. The van der Waals surface area contributed by atoms with E-state index < -0.39 is 12.0 Å². The van der Waals surface area contributed by atoms with E-state index >= 15 is 0 Å². The molecule has 2 aliphatic rings. The fourth-order valence-corrected chi connectivity index (χ4v) is 2.22. The molecule has 1 aliphatic carbocycles. The van der Waals surface area contributed by atoms with Crippen LogP contribution in [0, 0.1) is 0 Å². The van der Waals surface area contributed by atoms with Crippen molar-refractivity contribution in [2.75, 3.05) is 13.1 Å². The van der Waals surface area contributed by atoms with Gasteiger partial charge in [0.2, 0.25) is 0 Å². The minimum absolute atomic E-state index is 0.446. The van der Waals surface area contributed by atoms with E-state index in [2.05, 4.69) is 4.90 Å². The molecule has 1 saturated heterocycles. The van der Waals surface area contributed by atoms with Crippen LogP contribution < -0.4 is 5.73 Å². The van der Waals surface area contributed by atoms with Gasteiger partial charge in [-0.05, 0) is 38.6 Å². The molecule has 1 unspecified atom stereocenters. The standard InChI is InChI=1S/C10H18F2N2/c11-9(12)10(13)4-1-6-14(7-5-10)8-2-3-8/h8-9H,1-7,13H2. The Morgan fingerprint density at radius 3 is 2.50 bits per heavy atom. The van der Waals surface area contributed by atoms with Gasteiger partial charge in [0.25, 0.3) is 6.43 Å². The summed E-state index contributed by atoms with van der Waals surface area (Å²) in [6.45, 7) is 1.71. The number of hydrogen-bond acceptors (Lipinski definition) is 2. The summed E-state index contributed by atoms with van der Waals surface area (Å²) in [6.07, 6.45) is 1.84. The van der Waals surface area contributed by atoms with Crippen LogP contribution >= 0.6 is 0 Å². The average Bonchev–Trinajstić information content (AvgIpc) is 2.90. The van der Waals surface area contributed by atoms with Crippen molar-refractivity contribution in [1.82, 2.24) is 4.90 Å². The lowest BCUT2D eigenvalue weighted by Gasteiger charge is -2.27. The minimum Gasteiger partial charge on any atom is -0.320 e. The molecule has 2 nitrogen and oxygen atoms in total. The smallest absolute Gasteiger partial charge is 0.256 e. The van der Waals surface area contributed by atoms with E-state index in [1.807, 2.05) is 0 Å². The summed E-state index contributed by atoms with van der Waals surface area (Å²) in [4.78, 5) is 2.33. The Bertz CT molecular complexity index is 206. The molecule has 1 saturated carbocycles. The largest absolute Gasteiger partial charge is 0.320 e. The molecule has 0 aromatic heterocycles. The number of alkyl halides is 2. The van der Waals surface area contributed by atoms with Crippen LogP contribution in [0.25, 0.3) is 0 Å². The molecule has 82 valence electrons. The van der Waals surface area contributed by atoms with Gasteiger partial charge in [-0.1, -0.05) is 0 Å². The van der Waals surface area contributed by atoms with Crippen molar-refractivity contribution in [3.8, 4) is 0 Å². The predicted molar refractivity (Wildman–Crippen MR) is 51.4 cm³/mol. The first kappa shape index (κ1) is 10.3. The van der Waals surface area contributed by atoms with Gasteiger partial charge >= 0.3 is 0 Å². The molecular weight excluding hydrogens is 186 g/mol. The van der Waals surface area contributed by atoms with Gasteiger partial charge in [0.05, 0.1) is 5.54 Å². The first-order valence-electron chi connectivity index (χ1n) is 5.43. The molecule has 2 N–H and O–H groups in total. The summed E-state index contributed by atoms with van der Waals surface area (Å²) in [5.41, 5.74) is 4.49. The molecule has 0 spiro atoms. The molecule has 1 heterocycles. The van der Waals surface area contributed by atoms with E-state index in [1.165, 1.54) is 12.8 Å². The van der Waals surface area contributed by atoms with Crippen LogP contribution in [-0.4, -0.2) is 36.0 Å². The van der Waals surface area contributed by atoms with Crippen molar-refractivity contribution in [3.63, 3.8) is 0 Å². The third-order valence-corrected chi connectivity index (χ3v) is 3.45. The summed E-state index contributed by atoms with van der Waals surface area (Å²) in [5, 5.41) is 0. The Morgan fingerprint density at radius 2 is 1.93 bits per heavy atom. The zero-order chi connectivity index (χ0) is 10.2. The van der Waals surface area contributed by atoms with Gasteiger partial charge < -0.3 is 10.6 Å². The molecule has 1 aliphatic heterocycles. The summed E-state index contributed by atoms with van der Waals surface area (Å²) in [7, 11) is 0. The number of nitrogens with two attached hydrogens (primary N) is 1. The highest BCUT2D eigenvalue weighted by molar-refractivity contribution is 4.94. The van der Waals surface area contributed by atoms with Gasteiger partial charge in [0.1, 0.15) is 0 Å². The second-order valence-electron chi connectivity index (χ2n) is 4.65. The summed E-state index contributed by atoms with van der Waals surface area (Å²) in [5.74, 6) is 0. The van der Waals surface area contributed by atoms with E-state index in [9.17, 15) is 8.78 Å². The molecule has 0 bridgehead atoms. The topological polar surface area (TPSA) is 29.3 Å². The number of hydrogen-bond donors (Lipinski definition) is 1. The number of halogens is 2. The molecule has 2 fully saturated rings. The highest BCUT2D eigenvalue weighted by Crippen LogP contribution is 2.32. The van der Waals surface area contributed by atoms with Gasteiger partial charge in [0, 0.05) is 12.6 Å². The van der Waals surface area contributed by atoms with E-state index in [0.717, 1.165) is 19.5 Å². The first-order valence-corrected chi connectivity index (χ1v) is 5.43. The van der Waals surface area contributed by atoms with E-state index in [4.69, 9.17) is 5.73 Å². The zero-order valence-corrected chi connectivity index (χ0v) is 8.38. The second-order valence-corrected chi connectivity index (χ2v) is 4.65. The number of nitrogens with zero attached hydrogens (tertiary/aromatic N) is 1. The maximum atomic E-state index is 12.7. The van der Waals surface area contributed by atoms with Gasteiger partial charge in [-0.3, -0.25) is 0 Å². The van der Waals surface area contributed by atoms with E-state index in [-0.39, 0.29) is 0 Å². The number of rotatable bonds is 2. The van der Waals surface area contributed by atoms with E-state index in [1.54, 1.807) is 0 Å². The highest BCUT2D eigenvalue weighted by atomic mass is 19.3. The van der Waals surface area contributed by atoms with Crippen molar-refractivity contribution < 1.29 is 8.78 Å². The van der Waals surface area contributed by atoms with Gasteiger partial charge in [-0.2, -0.15) is 0 Å². The predicted octanol–water partition coefficient (Wildman–Crippen LogP) is 1.60. The van der Waals surface area contributed by atoms with Crippen molar-refractivity contribution in [3.05, 3.63) is 0 Å². The van der Waals surface area contributed by atoms with Crippen LogP contribution in [0.2, 0.25) is 0 Å². The Hall–Kier alpha value is -0.220. The van der Waals surface area contributed by atoms with Crippen LogP contribution in [-0.2, 0) is 0 Å². The van der Waals surface area contributed by atoms with Crippen LogP contribution in [0.3, 0.4) is 0 Å². The third kappa shape index (κ3) is 2.06. The Balaban J connectivity index is 1.92. The Kier molecular flexibility index (Phi) is 2.75. The van der Waals surface area contributed by atoms with Gasteiger partial charge in [-0.15, -0.1) is 0 Å². The van der Waals surface area contributed by atoms with Crippen molar-refractivity contribution in [2.24, 2.45) is 5.73 Å². The highest BCUT2D eigenvalue weighted by Gasteiger charge is 2.39. The lowest BCUT2D eigenvalue weighted by atomic mass is 9.92. The molecule has 0 radical (unpaired) electrons. The summed E-state index contributed by atoms with van der Waals surface area (Å²) in [6, 6.07) is 0.676. The first-order chi connectivity index (χ1) is 6.62. The van der Waals surface area contributed by atoms with Crippen molar-refractivity contribution in [1.29, 1.82) is 0 Å². The molecular formula is C10H18F2N2. The van der Waals surface area contributed by atoms with Gasteiger partial charge in [0.15, 0.2) is 0 Å². The van der Waals surface area contributed by atoms with Crippen LogP contribution in [0.1, 0.15) is 32.1 Å². The van der Waals surface area contributed by atoms with Crippen LogP contribution in [0.15, 0.2) is 0 Å². The SMILES string of the molecule is NC1(C(F)F)CCCN(C2CC2)CC1. The lowest BCUT2D eigenvalue weighted by molar-refractivity contribution is 0.0445. The quantitative estimate of drug-likeness (QED) is 0.740. The van der Waals surface area contributed by atoms with Gasteiger partial charge in [-0.25, -0.2) is 8.78 Å². The Labute approximate surface area is 83.4 Å². The lowest BCUT2D eigenvalue weighted by Crippen LogP contribution is -2.47. The fraction of sp³-hybridized carbons (Fsp3) is 1.00. The summed E-state index contributed by atoms with van der Waals surface area (Å²) >= 11 is 0. The molecule has 1 atom stereocenters. The molecule has 0 aromatic carbocycles. The van der Waals surface area contributed by atoms with Crippen LogP contribution in [0.4, 0.5) is 8.78 Å². The fourth-order valence-electron chi connectivity index (χ4n) is 2.22. The van der Waals surface area contributed by atoms with E-state index in [0.29, 0.717) is 18.9 Å². The van der Waals surface area contributed by atoms with Crippen molar-refractivity contribution in [2.45, 2.75) is 50.1 Å². The molecule has 4 heteroatoms. The maximum Gasteiger partial charge on any atom is 0.256 e. The van der Waals surface area contributed by atoms with Crippen LogP contribution in [0.5, 0.6) is 0 Å². The maximum absolute atomic E-state index is 12.7.